The molecule has 0 amide bonds. The number of nitrogens with two attached hydrogens (primary N) is 1. The van der Waals surface area contributed by atoms with Crippen LogP contribution in [-0.4, -0.2) is 18.0 Å². The molecule has 80 valence electrons. The van der Waals surface area contributed by atoms with Gasteiger partial charge in [-0.25, -0.2) is 9.59 Å². The Morgan fingerprint density at radius 2 is 1.93 bits per heavy atom. The van der Waals surface area contributed by atoms with Crippen molar-refractivity contribution in [2.24, 2.45) is 5.73 Å². The smallest absolute Gasteiger partial charge is 0.345 e. The minimum absolute atomic E-state index is 0.342. The van der Waals surface area contributed by atoms with Gasteiger partial charge in [-0.15, -0.1) is 0 Å². The first-order chi connectivity index (χ1) is 7.15. The summed E-state index contributed by atoms with van der Waals surface area (Å²) in [6.45, 7) is 1.75. The van der Waals surface area contributed by atoms with E-state index in [2.05, 4.69) is 4.74 Å². The van der Waals surface area contributed by atoms with Gasteiger partial charge in [0.05, 0.1) is 5.56 Å². The van der Waals surface area contributed by atoms with Crippen molar-refractivity contribution in [3.8, 4) is 0 Å². The molecule has 0 aromatic heterocycles. The monoisotopic (exact) mass is 207 g/mol. The molecular weight excluding hydrogens is 194 g/mol. The molecule has 1 atom stereocenters. The lowest BCUT2D eigenvalue weighted by Gasteiger charge is -2.07. The average Bonchev–Trinajstić information content (AvgIpc) is 2.29. The Hall–Kier alpha value is -1.68. The van der Waals surface area contributed by atoms with Crippen molar-refractivity contribution in [3.63, 3.8) is 0 Å². The van der Waals surface area contributed by atoms with Crippen LogP contribution in [0.1, 0.15) is 23.7 Å². The van der Waals surface area contributed by atoms with Crippen LogP contribution in [0.4, 0.5) is 0 Å². The van der Waals surface area contributed by atoms with Crippen LogP contribution in [0.15, 0.2) is 30.3 Å². The minimum Gasteiger partial charge on any atom is -0.388 e. The maximum Gasteiger partial charge on any atom is 0.345 e. The molecular formula is C11H13NO3. The SMILES string of the molecule is CCC(N)C(=O)OC(=O)c1ccccc1. The van der Waals surface area contributed by atoms with E-state index >= 15 is 0 Å². The quantitative estimate of drug-likeness (QED) is 0.595. The highest BCUT2D eigenvalue weighted by molar-refractivity contribution is 5.97. The summed E-state index contributed by atoms with van der Waals surface area (Å²) < 4.78 is 4.59. The number of carbonyl (C=O) groups is 2. The Kier molecular flexibility index (Phi) is 4.00. The average molecular weight is 207 g/mol. The fourth-order valence-electron chi connectivity index (χ4n) is 0.967. The van der Waals surface area contributed by atoms with Gasteiger partial charge in [0, 0.05) is 0 Å². The number of ether oxygens (including phenoxy) is 1. The summed E-state index contributed by atoms with van der Waals surface area (Å²) in [7, 11) is 0. The van der Waals surface area contributed by atoms with E-state index < -0.39 is 18.0 Å². The summed E-state index contributed by atoms with van der Waals surface area (Å²) in [5.41, 5.74) is 5.76. The fourth-order valence-corrected chi connectivity index (χ4v) is 0.967. The number of rotatable bonds is 3. The Labute approximate surface area is 88.0 Å². The maximum absolute atomic E-state index is 11.4. The molecule has 0 radical (unpaired) electrons. The lowest BCUT2D eigenvalue weighted by Crippen LogP contribution is -2.33. The molecule has 0 saturated heterocycles. The van der Waals surface area contributed by atoms with Crippen LogP contribution in [-0.2, 0) is 9.53 Å². The molecule has 1 unspecified atom stereocenters. The molecule has 1 rings (SSSR count). The van der Waals surface area contributed by atoms with Crippen molar-refractivity contribution in [1.29, 1.82) is 0 Å². The van der Waals surface area contributed by atoms with Crippen molar-refractivity contribution in [2.45, 2.75) is 19.4 Å². The van der Waals surface area contributed by atoms with E-state index in [0.29, 0.717) is 12.0 Å². The number of benzene rings is 1. The summed E-state index contributed by atoms with van der Waals surface area (Å²) in [4.78, 5) is 22.6. The standard InChI is InChI=1S/C11H13NO3/c1-2-9(12)11(14)15-10(13)8-6-4-3-5-7-8/h3-7,9H,2,12H2,1H3. The maximum atomic E-state index is 11.4. The van der Waals surface area contributed by atoms with Crippen molar-refractivity contribution >= 4 is 11.9 Å². The van der Waals surface area contributed by atoms with Crippen LogP contribution < -0.4 is 5.73 Å². The molecule has 2 N–H and O–H groups in total. The molecule has 0 fully saturated rings. The number of hydrogen-bond acceptors (Lipinski definition) is 4. The van der Waals surface area contributed by atoms with E-state index in [0.717, 1.165) is 0 Å². The molecule has 0 saturated carbocycles. The first kappa shape index (κ1) is 11.4. The van der Waals surface area contributed by atoms with Crippen LogP contribution in [0.5, 0.6) is 0 Å². The highest BCUT2D eigenvalue weighted by Gasteiger charge is 2.17. The lowest BCUT2D eigenvalue weighted by molar-refractivity contribution is -0.139. The minimum atomic E-state index is -0.738. The van der Waals surface area contributed by atoms with Gasteiger partial charge < -0.3 is 10.5 Å². The molecule has 4 heteroatoms. The Morgan fingerprint density at radius 3 is 2.47 bits per heavy atom. The summed E-state index contributed by atoms with van der Waals surface area (Å²) in [5, 5.41) is 0. The van der Waals surface area contributed by atoms with E-state index in [9.17, 15) is 9.59 Å². The van der Waals surface area contributed by atoms with Crippen molar-refractivity contribution in [3.05, 3.63) is 35.9 Å². The van der Waals surface area contributed by atoms with Gasteiger partial charge in [-0.1, -0.05) is 25.1 Å². The lowest BCUT2D eigenvalue weighted by atomic mass is 10.2. The van der Waals surface area contributed by atoms with E-state index in [1.54, 1.807) is 37.3 Å². The van der Waals surface area contributed by atoms with Gasteiger partial charge in [0.2, 0.25) is 0 Å². The molecule has 0 spiro atoms. The zero-order valence-corrected chi connectivity index (χ0v) is 8.47. The summed E-state index contributed by atoms with van der Waals surface area (Å²) in [6, 6.07) is 7.58. The third kappa shape index (κ3) is 3.18. The van der Waals surface area contributed by atoms with Gasteiger partial charge in [0.15, 0.2) is 0 Å². The van der Waals surface area contributed by atoms with E-state index in [1.165, 1.54) is 0 Å². The van der Waals surface area contributed by atoms with Gasteiger partial charge in [-0.05, 0) is 18.6 Å². The van der Waals surface area contributed by atoms with Gasteiger partial charge in [-0.2, -0.15) is 0 Å². The molecule has 0 aliphatic rings. The third-order valence-corrected chi connectivity index (χ3v) is 1.95. The highest BCUT2D eigenvalue weighted by atomic mass is 16.6. The Bertz CT molecular complexity index is 348. The second-order valence-corrected chi connectivity index (χ2v) is 3.09. The fraction of sp³-hybridized carbons (Fsp3) is 0.273. The topological polar surface area (TPSA) is 69.4 Å². The van der Waals surface area contributed by atoms with Crippen molar-refractivity contribution < 1.29 is 14.3 Å². The van der Waals surface area contributed by atoms with Gasteiger partial charge >= 0.3 is 11.9 Å². The van der Waals surface area contributed by atoms with Crippen molar-refractivity contribution in [2.75, 3.05) is 0 Å². The molecule has 0 aliphatic carbocycles. The molecule has 1 aromatic carbocycles. The predicted molar refractivity (Wildman–Crippen MR) is 55.1 cm³/mol. The van der Waals surface area contributed by atoms with Crippen LogP contribution in [0, 0.1) is 0 Å². The predicted octanol–water partition coefficient (Wildman–Crippen LogP) is 1.11. The Balaban J connectivity index is 2.61. The normalized spacial score (nSPS) is 11.9. The van der Waals surface area contributed by atoms with Crippen LogP contribution in [0.25, 0.3) is 0 Å². The van der Waals surface area contributed by atoms with Crippen molar-refractivity contribution in [1.82, 2.24) is 0 Å². The second kappa shape index (κ2) is 5.26. The summed E-state index contributed by atoms with van der Waals surface area (Å²) in [6.07, 6.45) is 0.445. The van der Waals surface area contributed by atoms with Crippen LogP contribution in [0.2, 0.25) is 0 Å². The van der Waals surface area contributed by atoms with Crippen LogP contribution >= 0.6 is 0 Å². The first-order valence-corrected chi connectivity index (χ1v) is 4.71. The molecule has 4 nitrogen and oxygen atoms in total. The highest BCUT2D eigenvalue weighted by Crippen LogP contribution is 2.02. The third-order valence-electron chi connectivity index (χ3n) is 1.95. The zero-order valence-electron chi connectivity index (χ0n) is 8.47. The number of hydrogen-bond donors (Lipinski definition) is 1. The first-order valence-electron chi connectivity index (χ1n) is 4.71. The number of carbonyl (C=O) groups excluding carboxylic acids is 2. The summed E-state index contributed by atoms with van der Waals surface area (Å²) >= 11 is 0. The van der Waals surface area contributed by atoms with Crippen LogP contribution in [0.3, 0.4) is 0 Å². The van der Waals surface area contributed by atoms with E-state index in [1.807, 2.05) is 0 Å². The Morgan fingerprint density at radius 1 is 1.33 bits per heavy atom. The zero-order chi connectivity index (χ0) is 11.3. The van der Waals surface area contributed by atoms with E-state index in [-0.39, 0.29) is 0 Å². The molecule has 0 heterocycles. The van der Waals surface area contributed by atoms with Gasteiger partial charge in [-0.3, -0.25) is 0 Å². The van der Waals surface area contributed by atoms with Gasteiger partial charge in [0.25, 0.3) is 0 Å². The second-order valence-electron chi connectivity index (χ2n) is 3.09. The van der Waals surface area contributed by atoms with E-state index in [4.69, 9.17) is 5.73 Å². The summed E-state index contributed by atoms with van der Waals surface area (Å²) in [5.74, 6) is -1.35. The van der Waals surface area contributed by atoms with Gasteiger partial charge in [0.1, 0.15) is 6.04 Å². The molecule has 0 aliphatic heterocycles. The number of esters is 2. The molecule has 1 aromatic rings. The molecule has 0 bridgehead atoms. The molecule has 15 heavy (non-hydrogen) atoms. The largest absolute Gasteiger partial charge is 0.388 e.